The lowest BCUT2D eigenvalue weighted by Gasteiger charge is -2.21. The van der Waals surface area contributed by atoms with E-state index in [0.29, 0.717) is 29.8 Å². The molecule has 0 radical (unpaired) electrons. The summed E-state index contributed by atoms with van der Waals surface area (Å²) in [5.74, 6) is 1.27. The summed E-state index contributed by atoms with van der Waals surface area (Å²) in [6.07, 6.45) is 2.52. The number of nitrogens with zero attached hydrogens (tertiary/aromatic N) is 5. The van der Waals surface area contributed by atoms with E-state index in [2.05, 4.69) is 27.3 Å². The molecule has 1 saturated heterocycles. The van der Waals surface area contributed by atoms with Crippen LogP contribution in [0.1, 0.15) is 47.7 Å². The van der Waals surface area contributed by atoms with Gasteiger partial charge in [-0.15, -0.1) is 0 Å². The molecule has 6 rings (SSSR count). The molecule has 178 valence electrons. The molecule has 2 unspecified atom stereocenters. The van der Waals surface area contributed by atoms with Crippen LogP contribution in [0.15, 0.2) is 40.8 Å². The molecule has 4 aliphatic rings. The van der Waals surface area contributed by atoms with Crippen LogP contribution in [0.25, 0.3) is 0 Å². The van der Waals surface area contributed by atoms with Crippen LogP contribution in [0.5, 0.6) is 0 Å². The Morgan fingerprint density at radius 3 is 2.79 bits per heavy atom. The van der Waals surface area contributed by atoms with Gasteiger partial charge < -0.3 is 10.2 Å². The Labute approximate surface area is 194 Å². The molecule has 1 amide bonds. The number of piperidine rings is 1. The van der Waals surface area contributed by atoms with Crippen molar-refractivity contribution in [3.8, 4) is 0 Å². The third-order valence-corrected chi connectivity index (χ3v) is 7.44. The van der Waals surface area contributed by atoms with E-state index in [9.17, 15) is 18.0 Å². The number of alkyl halides is 3. The van der Waals surface area contributed by atoms with Crippen molar-refractivity contribution in [3.63, 3.8) is 0 Å². The molecule has 2 aromatic heterocycles. The quantitative estimate of drug-likeness (QED) is 0.726. The van der Waals surface area contributed by atoms with E-state index < -0.39 is 11.7 Å². The first kappa shape index (κ1) is 21.4. The van der Waals surface area contributed by atoms with Gasteiger partial charge in [0.05, 0.1) is 42.2 Å². The predicted molar refractivity (Wildman–Crippen MR) is 120 cm³/mol. The SMILES string of the molecule is CC1=C2CC[C@@H](NC(=O)c3cnn(Cc4cnc(N5CC6CC6C5)cc4C(F)(F)F)c3)C2=NC1. The van der Waals surface area contributed by atoms with E-state index in [1.54, 1.807) is 0 Å². The molecular weight excluding hydrogens is 445 g/mol. The molecule has 3 fully saturated rings. The molecule has 2 aliphatic carbocycles. The second-order valence-electron chi connectivity index (χ2n) is 9.81. The summed E-state index contributed by atoms with van der Waals surface area (Å²) < 4.78 is 42.9. The summed E-state index contributed by atoms with van der Waals surface area (Å²) in [5.41, 5.74) is 3.07. The van der Waals surface area contributed by atoms with Crippen molar-refractivity contribution in [1.29, 1.82) is 0 Å². The van der Waals surface area contributed by atoms with Crippen LogP contribution in [0.4, 0.5) is 19.0 Å². The van der Waals surface area contributed by atoms with Gasteiger partial charge in [0.25, 0.3) is 5.91 Å². The molecule has 0 bridgehead atoms. The number of aromatic nitrogens is 3. The highest BCUT2D eigenvalue weighted by molar-refractivity contribution is 6.10. The molecule has 34 heavy (non-hydrogen) atoms. The Morgan fingerprint density at radius 2 is 2.03 bits per heavy atom. The number of halogens is 3. The van der Waals surface area contributed by atoms with Crippen molar-refractivity contribution in [3.05, 3.63) is 52.5 Å². The fourth-order valence-corrected chi connectivity index (χ4v) is 5.45. The van der Waals surface area contributed by atoms with Crippen LogP contribution < -0.4 is 10.2 Å². The Kier molecular flexibility index (Phi) is 4.82. The number of aliphatic imine (C=N–C) groups is 1. The summed E-state index contributed by atoms with van der Waals surface area (Å²) in [4.78, 5) is 23.5. The molecule has 7 nitrogen and oxygen atoms in total. The highest BCUT2D eigenvalue weighted by Crippen LogP contribution is 2.46. The number of hydrogen-bond donors (Lipinski definition) is 1. The number of fused-ring (bicyclic) bond motifs is 2. The number of nitrogens with one attached hydrogen (secondary N) is 1. The molecule has 0 spiro atoms. The number of carbonyl (C=O) groups is 1. The number of hydrogen-bond acceptors (Lipinski definition) is 5. The molecule has 2 aliphatic heterocycles. The van der Waals surface area contributed by atoms with E-state index in [4.69, 9.17) is 0 Å². The maximum Gasteiger partial charge on any atom is 0.416 e. The van der Waals surface area contributed by atoms with Gasteiger partial charge in [-0.2, -0.15) is 18.3 Å². The van der Waals surface area contributed by atoms with E-state index in [1.807, 2.05) is 4.90 Å². The highest BCUT2D eigenvalue weighted by atomic mass is 19.4. The van der Waals surface area contributed by atoms with Gasteiger partial charge in [0, 0.05) is 31.0 Å². The zero-order valence-corrected chi connectivity index (χ0v) is 18.8. The lowest BCUT2D eigenvalue weighted by atomic mass is 10.1. The van der Waals surface area contributed by atoms with E-state index in [-0.39, 0.29) is 24.1 Å². The van der Waals surface area contributed by atoms with Crippen molar-refractivity contribution in [2.75, 3.05) is 24.5 Å². The lowest BCUT2D eigenvalue weighted by molar-refractivity contribution is -0.138. The molecule has 10 heteroatoms. The fourth-order valence-electron chi connectivity index (χ4n) is 5.45. The minimum Gasteiger partial charge on any atom is -0.356 e. The Hall–Kier alpha value is -3.17. The Bertz CT molecular complexity index is 1220. The van der Waals surface area contributed by atoms with E-state index in [1.165, 1.54) is 40.8 Å². The van der Waals surface area contributed by atoms with Gasteiger partial charge in [0.1, 0.15) is 5.82 Å². The summed E-state index contributed by atoms with van der Waals surface area (Å²) in [7, 11) is 0. The molecule has 2 saturated carbocycles. The maximum atomic E-state index is 13.8. The lowest BCUT2D eigenvalue weighted by Crippen LogP contribution is -2.37. The van der Waals surface area contributed by atoms with Crippen LogP contribution >= 0.6 is 0 Å². The van der Waals surface area contributed by atoms with Gasteiger partial charge in [-0.1, -0.05) is 0 Å². The number of carbonyl (C=O) groups excluding carboxylic acids is 1. The first-order valence-electron chi connectivity index (χ1n) is 11.6. The standard InChI is InChI=1S/C24H25F3N6O/c1-13-6-29-22-18(13)2-3-20(22)31-23(34)17-8-30-33(12-17)11-16-7-28-21(5-19(16)24(25,26)27)32-9-14-4-15(14)10-32/h5,7-8,12,14-15,20H,2-4,6,9-11H2,1H3,(H,31,34)/t14?,15?,20-/m1/s1. The number of pyridine rings is 1. The second-order valence-corrected chi connectivity index (χ2v) is 9.81. The molecular formula is C24H25F3N6O. The van der Waals surface area contributed by atoms with Crippen LogP contribution in [0, 0.1) is 11.8 Å². The van der Waals surface area contributed by atoms with Crippen molar-refractivity contribution in [1.82, 2.24) is 20.1 Å². The monoisotopic (exact) mass is 470 g/mol. The minimum absolute atomic E-state index is 0.0250. The van der Waals surface area contributed by atoms with Crippen LogP contribution in [0.2, 0.25) is 0 Å². The third kappa shape index (κ3) is 3.78. The van der Waals surface area contributed by atoms with Gasteiger partial charge >= 0.3 is 6.18 Å². The average molecular weight is 470 g/mol. The smallest absolute Gasteiger partial charge is 0.356 e. The topological polar surface area (TPSA) is 75.4 Å². The number of amides is 1. The van der Waals surface area contributed by atoms with Gasteiger partial charge in [0.15, 0.2) is 0 Å². The van der Waals surface area contributed by atoms with Gasteiger partial charge in [-0.3, -0.25) is 14.5 Å². The van der Waals surface area contributed by atoms with Crippen LogP contribution in [-0.4, -0.2) is 52.1 Å². The minimum atomic E-state index is -4.50. The van der Waals surface area contributed by atoms with Crippen molar-refractivity contribution in [2.45, 2.75) is 44.9 Å². The van der Waals surface area contributed by atoms with Gasteiger partial charge in [-0.05, 0) is 55.2 Å². The van der Waals surface area contributed by atoms with E-state index in [0.717, 1.165) is 37.7 Å². The normalized spacial score (nSPS) is 25.5. The third-order valence-electron chi connectivity index (χ3n) is 7.44. The van der Waals surface area contributed by atoms with Crippen molar-refractivity contribution in [2.24, 2.45) is 16.8 Å². The van der Waals surface area contributed by atoms with Crippen LogP contribution in [-0.2, 0) is 12.7 Å². The number of rotatable bonds is 5. The molecule has 1 N–H and O–H groups in total. The average Bonchev–Trinajstić information content (AvgIpc) is 3.26. The Morgan fingerprint density at radius 1 is 1.24 bits per heavy atom. The first-order valence-corrected chi connectivity index (χ1v) is 11.6. The summed E-state index contributed by atoms with van der Waals surface area (Å²) >= 11 is 0. The number of anilines is 1. The predicted octanol–water partition coefficient (Wildman–Crippen LogP) is 3.46. The zero-order valence-electron chi connectivity index (χ0n) is 18.8. The summed E-state index contributed by atoms with van der Waals surface area (Å²) in [6.45, 7) is 4.17. The van der Waals surface area contributed by atoms with Crippen LogP contribution in [0.3, 0.4) is 0 Å². The molecule has 0 aromatic carbocycles. The van der Waals surface area contributed by atoms with Gasteiger partial charge in [0.2, 0.25) is 0 Å². The Balaban J connectivity index is 1.17. The second kappa shape index (κ2) is 7.68. The molecule has 4 heterocycles. The fraction of sp³-hybridized carbons (Fsp3) is 0.500. The largest absolute Gasteiger partial charge is 0.416 e. The molecule has 2 aromatic rings. The maximum absolute atomic E-state index is 13.8. The highest BCUT2D eigenvalue weighted by Gasteiger charge is 2.46. The summed E-state index contributed by atoms with van der Waals surface area (Å²) in [5, 5.41) is 7.13. The van der Waals surface area contributed by atoms with Gasteiger partial charge in [-0.25, -0.2) is 4.98 Å². The van der Waals surface area contributed by atoms with Crippen molar-refractivity contribution < 1.29 is 18.0 Å². The first-order chi connectivity index (χ1) is 16.3. The summed E-state index contributed by atoms with van der Waals surface area (Å²) in [6, 6.07) is 1.01. The van der Waals surface area contributed by atoms with Crippen molar-refractivity contribution >= 4 is 17.4 Å². The molecule has 3 atom stereocenters. The van der Waals surface area contributed by atoms with E-state index >= 15 is 0 Å². The zero-order chi connectivity index (χ0) is 23.6.